The van der Waals surface area contributed by atoms with Crippen LogP contribution in [0.2, 0.25) is 0 Å². The van der Waals surface area contributed by atoms with Crippen molar-refractivity contribution in [1.29, 1.82) is 0 Å². The lowest BCUT2D eigenvalue weighted by Gasteiger charge is -2.44. The number of fused-ring (bicyclic) bond motifs is 2. The van der Waals surface area contributed by atoms with E-state index in [1.54, 1.807) is 18.6 Å². The van der Waals surface area contributed by atoms with Gasteiger partial charge >= 0.3 is 0 Å². The molecule has 0 amide bonds. The molecule has 3 rings (SSSR count). The average molecular weight is 219 g/mol. The summed E-state index contributed by atoms with van der Waals surface area (Å²) in [6, 6.07) is 0.888. The highest BCUT2D eigenvalue weighted by atomic mass is 16.3. The van der Waals surface area contributed by atoms with E-state index in [-0.39, 0.29) is 0 Å². The van der Waals surface area contributed by atoms with Crippen molar-refractivity contribution in [1.82, 2.24) is 15.3 Å². The van der Waals surface area contributed by atoms with Crippen molar-refractivity contribution < 1.29 is 5.11 Å². The summed E-state index contributed by atoms with van der Waals surface area (Å²) in [5.74, 6) is 0. The van der Waals surface area contributed by atoms with Gasteiger partial charge in [0.15, 0.2) is 0 Å². The summed E-state index contributed by atoms with van der Waals surface area (Å²) >= 11 is 0. The second-order valence-corrected chi connectivity index (χ2v) is 5.02. The molecule has 0 spiro atoms. The summed E-state index contributed by atoms with van der Waals surface area (Å²) < 4.78 is 0. The molecule has 2 aliphatic rings. The maximum absolute atomic E-state index is 10.7. The number of aliphatic hydroxyl groups is 1. The molecule has 1 aromatic heterocycles. The third kappa shape index (κ3) is 1.72. The van der Waals surface area contributed by atoms with Crippen LogP contribution in [0.15, 0.2) is 18.6 Å². The lowest BCUT2D eigenvalue weighted by Crippen LogP contribution is -2.54. The first-order valence-electron chi connectivity index (χ1n) is 6.01. The van der Waals surface area contributed by atoms with Gasteiger partial charge in [-0.2, -0.15) is 0 Å². The zero-order valence-corrected chi connectivity index (χ0v) is 9.26. The van der Waals surface area contributed by atoms with Crippen molar-refractivity contribution in [2.24, 2.45) is 0 Å². The molecule has 0 radical (unpaired) electrons. The van der Waals surface area contributed by atoms with Crippen LogP contribution in [-0.2, 0) is 5.60 Å². The van der Waals surface area contributed by atoms with Gasteiger partial charge in [-0.3, -0.25) is 9.97 Å². The fraction of sp³-hybridized carbons (Fsp3) is 0.667. The quantitative estimate of drug-likeness (QED) is 0.739. The number of nitrogens with one attached hydrogen (secondary N) is 1. The number of piperidine rings is 2. The van der Waals surface area contributed by atoms with Gasteiger partial charge in [0.2, 0.25) is 0 Å². The molecule has 2 aliphatic heterocycles. The van der Waals surface area contributed by atoms with Crippen LogP contribution in [-0.4, -0.2) is 27.2 Å². The summed E-state index contributed by atoms with van der Waals surface area (Å²) in [5.41, 5.74) is -0.0386. The highest BCUT2D eigenvalue weighted by Crippen LogP contribution is 2.38. The molecule has 1 aromatic rings. The molecular formula is C12H17N3O. The molecule has 3 heterocycles. The van der Waals surface area contributed by atoms with E-state index >= 15 is 0 Å². The van der Waals surface area contributed by atoms with Gasteiger partial charge < -0.3 is 10.4 Å². The summed E-state index contributed by atoms with van der Waals surface area (Å²) in [6.07, 6.45) is 10.1. The SMILES string of the molecule is OC1(c2cnccn2)CC2CCCC(C1)N2. The third-order valence-corrected chi connectivity index (χ3v) is 3.78. The second kappa shape index (κ2) is 3.79. The van der Waals surface area contributed by atoms with Gasteiger partial charge in [-0.15, -0.1) is 0 Å². The highest BCUT2D eigenvalue weighted by Gasteiger charge is 2.42. The minimum absolute atomic E-state index is 0.444. The maximum atomic E-state index is 10.7. The minimum Gasteiger partial charge on any atom is -0.383 e. The number of rotatable bonds is 1. The Morgan fingerprint density at radius 3 is 2.62 bits per heavy atom. The number of nitrogens with zero attached hydrogens (tertiary/aromatic N) is 2. The molecule has 2 atom stereocenters. The fourth-order valence-corrected chi connectivity index (χ4v) is 3.08. The van der Waals surface area contributed by atoms with Crippen LogP contribution in [0.4, 0.5) is 0 Å². The molecule has 4 heteroatoms. The zero-order valence-electron chi connectivity index (χ0n) is 9.26. The lowest BCUT2D eigenvalue weighted by atomic mass is 9.76. The Kier molecular flexibility index (Phi) is 2.41. The molecule has 0 saturated carbocycles. The molecular weight excluding hydrogens is 202 g/mol. The van der Waals surface area contributed by atoms with E-state index < -0.39 is 5.60 Å². The Morgan fingerprint density at radius 2 is 2.00 bits per heavy atom. The first kappa shape index (κ1) is 10.2. The van der Waals surface area contributed by atoms with Crippen molar-refractivity contribution in [3.05, 3.63) is 24.3 Å². The van der Waals surface area contributed by atoms with E-state index in [0.717, 1.165) is 18.5 Å². The van der Waals surface area contributed by atoms with Gasteiger partial charge in [0.25, 0.3) is 0 Å². The van der Waals surface area contributed by atoms with Crippen LogP contribution in [0, 0.1) is 0 Å². The zero-order chi connectivity index (χ0) is 11.0. The molecule has 4 nitrogen and oxygen atoms in total. The van der Waals surface area contributed by atoms with E-state index in [2.05, 4.69) is 15.3 Å². The Hall–Kier alpha value is -1.00. The van der Waals surface area contributed by atoms with Crippen molar-refractivity contribution in [2.75, 3.05) is 0 Å². The van der Waals surface area contributed by atoms with Crippen molar-refractivity contribution in [3.8, 4) is 0 Å². The van der Waals surface area contributed by atoms with Crippen molar-refractivity contribution in [2.45, 2.75) is 49.8 Å². The van der Waals surface area contributed by atoms with Crippen LogP contribution in [0.3, 0.4) is 0 Å². The highest BCUT2D eigenvalue weighted by molar-refractivity contribution is 5.13. The predicted octanol–water partition coefficient (Wildman–Crippen LogP) is 0.969. The van der Waals surface area contributed by atoms with Crippen LogP contribution in [0.25, 0.3) is 0 Å². The topological polar surface area (TPSA) is 58.0 Å². The molecule has 16 heavy (non-hydrogen) atoms. The van der Waals surface area contributed by atoms with E-state index in [9.17, 15) is 5.11 Å². The van der Waals surface area contributed by atoms with Crippen LogP contribution in [0.5, 0.6) is 0 Å². The molecule has 86 valence electrons. The molecule has 2 unspecified atom stereocenters. The smallest absolute Gasteiger partial charge is 0.111 e. The Morgan fingerprint density at radius 1 is 1.25 bits per heavy atom. The maximum Gasteiger partial charge on any atom is 0.111 e. The molecule has 2 saturated heterocycles. The van der Waals surface area contributed by atoms with Gasteiger partial charge in [0.1, 0.15) is 5.60 Å². The Balaban J connectivity index is 1.88. The molecule has 0 aromatic carbocycles. The van der Waals surface area contributed by atoms with E-state index in [1.165, 1.54) is 19.3 Å². The van der Waals surface area contributed by atoms with Gasteiger partial charge in [-0.1, -0.05) is 6.42 Å². The first-order valence-corrected chi connectivity index (χ1v) is 6.01. The largest absolute Gasteiger partial charge is 0.383 e. The first-order chi connectivity index (χ1) is 7.76. The number of aromatic nitrogens is 2. The van der Waals surface area contributed by atoms with Gasteiger partial charge in [-0.05, 0) is 25.7 Å². The lowest BCUT2D eigenvalue weighted by molar-refractivity contribution is -0.0395. The van der Waals surface area contributed by atoms with Gasteiger partial charge in [-0.25, -0.2) is 0 Å². The molecule has 2 bridgehead atoms. The number of hydrogen-bond donors (Lipinski definition) is 2. The average Bonchev–Trinajstić information content (AvgIpc) is 2.29. The Labute approximate surface area is 95.1 Å². The standard InChI is InChI=1S/C12H17N3O/c16-12(11-8-13-4-5-14-11)6-9-2-1-3-10(7-12)15-9/h4-5,8-10,15-16H,1-3,6-7H2. The third-order valence-electron chi connectivity index (χ3n) is 3.78. The van der Waals surface area contributed by atoms with Crippen molar-refractivity contribution >= 4 is 0 Å². The summed E-state index contributed by atoms with van der Waals surface area (Å²) in [7, 11) is 0. The molecule has 2 fully saturated rings. The van der Waals surface area contributed by atoms with Crippen LogP contribution in [0.1, 0.15) is 37.8 Å². The summed E-state index contributed by atoms with van der Waals surface area (Å²) in [6.45, 7) is 0. The fourth-order valence-electron chi connectivity index (χ4n) is 3.08. The summed E-state index contributed by atoms with van der Waals surface area (Å²) in [4.78, 5) is 8.32. The predicted molar refractivity (Wildman–Crippen MR) is 59.7 cm³/mol. The van der Waals surface area contributed by atoms with E-state index in [1.807, 2.05) is 0 Å². The Bertz CT molecular complexity index is 356. The minimum atomic E-state index is -0.769. The van der Waals surface area contributed by atoms with Crippen LogP contribution >= 0.6 is 0 Å². The summed E-state index contributed by atoms with van der Waals surface area (Å²) in [5, 5.41) is 14.3. The van der Waals surface area contributed by atoms with Gasteiger partial charge in [0.05, 0.1) is 11.9 Å². The molecule has 0 aliphatic carbocycles. The van der Waals surface area contributed by atoms with Crippen molar-refractivity contribution in [3.63, 3.8) is 0 Å². The monoisotopic (exact) mass is 219 g/mol. The van der Waals surface area contributed by atoms with E-state index in [0.29, 0.717) is 12.1 Å². The van der Waals surface area contributed by atoms with Crippen LogP contribution < -0.4 is 5.32 Å². The van der Waals surface area contributed by atoms with E-state index in [4.69, 9.17) is 0 Å². The second-order valence-electron chi connectivity index (χ2n) is 5.02. The normalized spacial score (nSPS) is 38.3. The molecule has 2 N–H and O–H groups in total. The number of hydrogen-bond acceptors (Lipinski definition) is 4. The van der Waals surface area contributed by atoms with Gasteiger partial charge in [0, 0.05) is 24.5 Å².